The smallest absolute Gasteiger partial charge is 0.245 e. The summed E-state index contributed by atoms with van der Waals surface area (Å²) in [5.74, 6) is 0. The van der Waals surface area contributed by atoms with Crippen LogP contribution < -0.4 is 0 Å². The summed E-state index contributed by atoms with van der Waals surface area (Å²) in [6, 6.07) is 2.95. The van der Waals surface area contributed by atoms with Gasteiger partial charge in [-0.3, -0.25) is 15.0 Å². The molecule has 20 heavy (non-hydrogen) atoms. The van der Waals surface area contributed by atoms with Crippen LogP contribution in [0.2, 0.25) is 0 Å². The summed E-state index contributed by atoms with van der Waals surface area (Å²) >= 11 is 0. The van der Waals surface area contributed by atoms with Gasteiger partial charge in [-0.1, -0.05) is 0 Å². The van der Waals surface area contributed by atoms with E-state index in [1.165, 1.54) is 10.5 Å². The van der Waals surface area contributed by atoms with E-state index >= 15 is 0 Å². The van der Waals surface area contributed by atoms with Gasteiger partial charge in [-0.15, -0.1) is 0 Å². The summed E-state index contributed by atoms with van der Waals surface area (Å²) in [5, 5.41) is 0. The molecule has 104 valence electrons. The number of hydrogen-bond acceptors (Lipinski definition) is 5. The maximum Gasteiger partial charge on any atom is 0.245 e. The minimum atomic E-state index is -3.53. The topological polar surface area (TPSA) is 76.1 Å². The molecule has 1 aliphatic rings. The SMILES string of the molecule is O=S(=O)(c1cccnc1)N1CCC[C@@H]1c1cnccn1. The minimum Gasteiger partial charge on any atom is -0.263 e. The van der Waals surface area contributed by atoms with Crippen molar-refractivity contribution in [1.82, 2.24) is 19.3 Å². The van der Waals surface area contributed by atoms with Crippen molar-refractivity contribution in [3.63, 3.8) is 0 Å². The first-order valence-electron chi connectivity index (χ1n) is 6.37. The normalized spacial score (nSPS) is 20.1. The van der Waals surface area contributed by atoms with E-state index in [1.54, 1.807) is 36.9 Å². The molecule has 1 aliphatic heterocycles. The molecule has 1 fully saturated rings. The minimum absolute atomic E-state index is 0.218. The highest BCUT2D eigenvalue weighted by Gasteiger charge is 2.37. The molecule has 0 spiro atoms. The molecular formula is C13H14N4O2S. The summed E-state index contributed by atoms with van der Waals surface area (Å²) in [5.41, 5.74) is 0.692. The van der Waals surface area contributed by atoms with E-state index in [-0.39, 0.29) is 10.9 Å². The average Bonchev–Trinajstić information content (AvgIpc) is 2.99. The standard InChI is InChI=1S/C13H14N4O2S/c18-20(19,11-3-1-5-14-9-11)17-8-2-4-13(17)12-10-15-6-7-16-12/h1,3,5-7,9-10,13H,2,4,8H2/t13-/m1/s1. The first-order valence-corrected chi connectivity index (χ1v) is 7.81. The molecule has 0 N–H and O–H groups in total. The Kier molecular flexibility index (Phi) is 3.45. The number of pyridine rings is 1. The molecule has 0 amide bonds. The molecule has 6 nitrogen and oxygen atoms in total. The molecule has 0 radical (unpaired) electrons. The largest absolute Gasteiger partial charge is 0.263 e. The number of nitrogens with zero attached hydrogens (tertiary/aromatic N) is 4. The Morgan fingerprint density at radius 3 is 2.70 bits per heavy atom. The van der Waals surface area contributed by atoms with Gasteiger partial charge in [0.25, 0.3) is 0 Å². The summed E-state index contributed by atoms with van der Waals surface area (Å²) in [6.45, 7) is 0.498. The van der Waals surface area contributed by atoms with Crippen molar-refractivity contribution in [2.75, 3.05) is 6.54 Å². The fraction of sp³-hybridized carbons (Fsp3) is 0.308. The molecule has 3 rings (SSSR count). The monoisotopic (exact) mass is 290 g/mol. The lowest BCUT2D eigenvalue weighted by atomic mass is 10.2. The Morgan fingerprint density at radius 1 is 1.15 bits per heavy atom. The van der Waals surface area contributed by atoms with Crippen LogP contribution >= 0.6 is 0 Å². The zero-order chi connectivity index (χ0) is 14.0. The number of rotatable bonds is 3. The highest BCUT2D eigenvalue weighted by molar-refractivity contribution is 7.89. The third-order valence-electron chi connectivity index (χ3n) is 3.37. The van der Waals surface area contributed by atoms with Gasteiger partial charge in [-0.05, 0) is 25.0 Å². The predicted molar refractivity (Wildman–Crippen MR) is 72.1 cm³/mol. The van der Waals surface area contributed by atoms with E-state index in [2.05, 4.69) is 15.0 Å². The molecule has 2 aromatic rings. The molecule has 0 bridgehead atoms. The Labute approximate surface area is 117 Å². The van der Waals surface area contributed by atoms with Crippen molar-refractivity contribution in [3.05, 3.63) is 48.8 Å². The van der Waals surface area contributed by atoms with E-state index in [1.807, 2.05) is 0 Å². The zero-order valence-corrected chi connectivity index (χ0v) is 11.6. The summed E-state index contributed by atoms with van der Waals surface area (Å²) in [6.07, 6.45) is 9.31. The lowest BCUT2D eigenvalue weighted by Gasteiger charge is -2.23. The lowest BCUT2D eigenvalue weighted by Crippen LogP contribution is -2.31. The average molecular weight is 290 g/mol. The van der Waals surface area contributed by atoms with Crippen molar-refractivity contribution in [1.29, 1.82) is 0 Å². The highest BCUT2D eigenvalue weighted by atomic mass is 32.2. The first kappa shape index (κ1) is 13.1. The van der Waals surface area contributed by atoms with Crippen LogP contribution in [-0.4, -0.2) is 34.2 Å². The van der Waals surface area contributed by atoms with Crippen LogP contribution in [0, 0.1) is 0 Å². The predicted octanol–water partition coefficient (Wildman–Crippen LogP) is 1.40. The quantitative estimate of drug-likeness (QED) is 0.854. The van der Waals surface area contributed by atoms with Gasteiger partial charge in [0.05, 0.1) is 17.9 Å². The van der Waals surface area contributed by atoms with Crippen LogP contribution in [0.1, 0.15) is 24.6 Å². The van der Waals surface area contributed by atoms with Gasteiger partial charge in [0.2, 0.25) is 10.0 Å². The molecule has 0 saturated carbocycles. The lowest BCUT2D eigenvalue weighted by molar-refractivity contribution is 0.389. The maximum atomic E-state index is 12.7. The van der Waals surface area contributed by atoms with Crippen molar-refractivity contribution >= 4 is 10.0 Å². The van der Waals surface area contributed by atoms with Crippen LogP contribution in [0.15, 0.2) is 48.0 Å². The van der Waals surface area contributed by atoms with E-state index in [0.717, 1.165) is 12.8 Å². The van der Waals surface area contributed by atoms with Crippen molar-refractivity contribution in [3.8, 4) is 0 Å². The zero-order valence-electron chi connectivity index (χ0n) is 10.8. The van der Waals surface area contributed by atoms with E-state index in [0.29, 0.717) is 12.2 Å². The van der Waals surface area contributed by atoms with E-state index in [4.69, 9.17) is 0 Å². The third kappa shape index (κ3) is 2.30. The fourth-order valence-electron chi connectivity index (χ4n) is 2.44. The van der Waals surface area contributed by atoms with Crippen LogP contribution in [0.5, 0.6) is 0 Å². The summed E-state index contributed by atoms with van der Waals surface area (Å²) in [4.78, 5) is 12.4. The molecule has 0 aliphatic carbocycles. The van der Waals surface area contributed by atoms with Gasteiger partial charge in [0.15, 0.2) is 0 Å². The molecule has 7 heteroatoms. The maximum absolute atomic E-state index is 12.7. The van der Waals surface area contributed by atoms with Gasteiger partial charge in [-0.2, -0.15) is 4.31 Å². The second-order valence-corrected chi connectivity index (χ2v) is 6.48. The summed E-state index contributed by atoms with van der Waals surface area (Å²) < 4.78 is 26.8. The second-order valence-electron chi connectivity index (χ2n) is 4.59. The van der Waals surface area contributed by atoms with E-state index in [9.17, 15) is 8.42 Å². The van der Waals surface area contributed by atoms with Gasteiger partial charge in [-0.25, -0.2) is 8.42 Å². The fourth-order valence-corrected chi connectivity index (χ4v) is 4.07. The van der Waals surface area contributed by atoms with Crippen LogP contribution in [0.4, 0.5) is 0 Å². The van der Waals surface area contributed by atoms with Crippen LogP contribution in [0.25, 0.3) is 0 Å². The van der Waals surface area contributed by atoms with Crippen molar-refractivity contribution < 1.29 is 8.42 Å². The van der Waals surface area contributed by atoms with E-state index < -0.39 is 10.0 Å². The molecule has 1 atom stereocenters. The second kappa shape index (κ2) is 5.26. The Hall–Kier alpha value is -1.86. The van der Waals surface area contributed by atoms with Gasteiger partial charge in [0.1, 0.15) is 4.90 Å². The highest BCUT2D eigenvalue weighted by Crippen LogP contribution is 2.34. The first-order chi connectivity index (χ1) is 9.69. The molecular weight excluding hydrogens is 276 g/mol. The molecule has 2 aromatic heterocycles. The third-order valence-corrected chi connectivity index (χ3v) is 5.26. The van der Waals surface area contributed by atoms with Gasteiger partial charge in [0, 0.05) is 31.3 Å². The Bertz CT molecular complexity index is 676. The number of hydrogen-bond donors (Lipinski definition) is 0. The Balaban J connectivity index is 1.97. The van der Waals surface area contributed by atoms with Gasteiger partial charge < -0.3 is 0 Å². The van der Waals surface area contributed by atoms with Crippen molar-refractivity contribution in [2.45, 2.75) is 23.8 Å². The van der Waals surface area contributed by atoms with Crippen LogP contribution in [-0.2, 0) is 10.0 Å². The number of aromatic nitrogens is 3. The number of sulfonamides is 1. The van der Waals surface area contributed by atoms with Crippen molar-refractivity contribution in [2.24, 2.45) is 0 Å². The summed E-state index contributed by atoms with van der Waals surface area (Å²) in [7, 11) is -3.53. The molecule has 0 aromatic carbocycles. The molecule has 1 saturated heterocycles. The van der Waals surface area contributed by atoms with Crippen LogP contribution in [0.3, 0.4) is 0 Å². The molecule has 0 unspecified atom stereocenters. The van der Waals surface area contributed by atoms with Gasteiger partial charge >= 0.3 is 0 Å². The Morgan fingerprint density at radius 2 is 2.00 bits per heavy atom. The molecule has 3 heterocycles.